The summed E-state index contributed by atoms with van der Waals surface area (Å²) < 4.78 is 1.22. The molecule has 0 atom stereocenters. The summed E-state index contributed by atoms with van der Waals surface area (Å²) in [5.74, 6) is 0. The zero-order chi connectivity index (χ0) is 7.84. The number of pyridine rings is 1. The lowest BCUT2D eigenvalue weighted by atomic mass is 10.4. The molecule has 2 aromatic rings. The van der Waals surface area contributed by atoms with Gasteiger partial charge >= 0.3 is 0 Å². The fourth-order valence-electron chi connectivity index (χ4n) is 0.858. The average Bonchev–Trinajstić information content (AvgIpc) is 2.30. The predicted octanol–water partition coefficient (Wildman–Crippen LogP) is 2.09. The summed E-state index contributed by atoms with van der Waals surface area (Å²) in [6.45, 7) is 0. The maximum Gasteiger partial charge on any atom is 0.220 e. The monoisotopic (exact) mass is 187 g/mol. The summed E-state index contributed by atoms with van der Waals surface area (Å²) in [6.07, 6.45) is 1.64. The van der Waals surface area contributed by atoms with Crippen LogP contribution in [0, 0.1) is 0 Å². The van der Waals surface area contributed by atoms with Crippen LogP contribution in [0.3, 0.4) is 0 Å². The van der Waals surface area contributed by atoms with E-state index >= 15 is 0 Å². The van der Waals surface area contributed by atoms with Gasteiger partial charge in [0.05, 0.1) is 0 Å². The summed E-state index contributed by atoms with van der Waals surface area (Å²) in [6, 6.07) is 3.58. The van der Waals surface area contributed by atoms with Gasteiger partial charge in [-0.05, 0) is 23.7 Å². The van der Waals surface area contributed by atoms with E-state index in [0.29, 0.717) is 11.2 Å². The van der Waals surface area contributed by atoms with Crippen LogP contribution < -0.4 is 0 Å². The number of imidazole rings is 1. The molecule has 0 fully saturated rings. The van der Waals surface area contributed by atoms with Crippen molar-refractivity contribution in [1.82, 2.24) is 14.1 Å². The topological polar surface area (TPSA) is 30.7 Å². The molecule has 2 heterocycles. The summed E-state index contributed by atoms with van der Waals surface area (Å²) in [7, 11) is 0. The molecule has 0 saturated heterocycles. The Morgan fingerprint density at radius 2 is 2.27 bits per heavy atom. The van der Waals surface area contributed by atoms with E-state index in [-0.39, 0.29) is 5.28 Å². The highest BCUT2D eigenvalue weighted by atomic mass is 35.5. The van der Waals surface area contributed by atoms with Crippen molar-refractivity contribution in [1.29, 1.82) is 0 Å². The van der Waals surface area contributed by atoms with Crippen LogP contribution in [0.4, 0.5) is 0 Å². The Kier molecular flexibility index (Phi) is 1.47. The molecule has 0 saturated carbocycles. The Hall–Kier alpha value is -0.800. The third-order valence-corrected chi connectivity index (χ3v) is 1.99. The highest BCUT2D eigenvalue weighted by Gasteiger charge is 2.05. The van der Waals surface area contributed by atoms with Crippen LogP contribution in [0.2, 0.25) is 5.28 Å². The average molecular weight is 188 g/mol. The lowest BCUT2D eigenvalue weighted by molar-refractivity contribution is 1.21. The molecule has 0 bridgehead atoms. The van der Waals surface area contributed by atoms with E-state index in [1.807, 2.05) is 0 Å². The minimum absolute atomic E-state index is 0.236. The Balaban J connectivity index is 2.92. The van der Waals surface area contributed by atoms with Crippen LogP contribution >= 0.6 is 23.4 Å². The van der Waals surface area contributed by atoms with E-state index in [2.05, 4.69) is 9.97 Å². The molecule has 2 aromatic heterocycles. The van der Waals surface area contributed by atoms with Crippen LogP contribution in [0.5, 0.6) is 0 Å². The lowest BCUT2D eigenvalue weighted by Crippen LogP contribution is -1.80. The van der Waals surface area contributed by atoms with Crippen molar-refractivity contribution >= 4 is 34.5 Å². The molecular weight excluding hydrogens is 185 g/mol. The number of nitrogens with zero attached hydrogens (tertiary/aromatic N) is 3. The number of rotatable bonds is 0. The second-order valence-electron chi connectivity index (χ2n) is 2.01. The van der Waals surface area contributed by atoms with Crippen LogP contribution in [-0.4, -0.2) is 14.1 Å². The van der Waals surface area contributed by atoms with E-state index in [9.17, 15) is 0 Å². The van der Waals surface area contributed by atoms with Gasteiger partial charge in [0, 0.05) is 18.0 Å². The highest BCUT2D eigenvalue weighted by molar-refractivity contribution is 6.33. The smallest absolute Gasteiger partial charge is 0.220 e. The van der Waals surface area contributed by atoms with Gasteiger partial charge in [-0.1, -0.05) is 0 Å². The van der Waals surface area contributed by atoms with E-state index < -0.39 is 0 Å². The summed E-state index contributed by atoms with van der Waals surface area (Å²) in [5.41, 5.74) is 1.28. The van der Waals surface area contributed by atoms with Crippen molar-refractivity contribution in [2.45, 2.75) is 0 Å². The fraction of sp³-hybridized carbons (Fsp3) is 0. The van der Waals surface area contributed by atoms with Crippen LogP contribution in [0.1, 0.15) is 0 Å². The number of halogens is 2. The Labute approximate surface area is 72.7 Å². The van der Waals surface area contributed by atoms with Crippen LogP contribution in [0.15, 0.2) is 18.3 Å². The first-order valence-corrected chi connectivity index (χ1v) is 3.66. The standard InChI is InChI=1S/C6H3Cl2N3/c7-6-10-4-2-1-3-9-5(4)11(6)8/h1-3H. The molecule has 0 aliphatic carbocycles. The fourth-order valence-corrected chi connectivity index (χ4v) is 1.20. The van der Waals surface area contributed by atoms with Gasteiger partial charge < -0.3 is 0 Å². The Morgan fingerprint density at radius 3 is 3.00 bits per heavy atom. The molecule has 5 heteroatoms. The molecule has 11 heavy (non-hydrogen) atoms. The van der Waals surface area contributed by atoms with Gasteiger partial charge in [0.15, 0.2) is 5.65 Å². The molecule has 0 radical (unpaired) electrons. The normalized spacial score (nSPS) is 10.7. The van der Waals surface area contributed by atoms with Gasteiger partial charge in [-0.3, -0.25) is 0 Å². The van der Waals surface area contributed by atoms with E-state index in [0.717, 1.165) is 0 Å². The van der Waals surface area contributed by atoms with Gasteiger partial charge in [0.2, 0.25) is 5.28 Å². The summed E-state index contributed by atoms with van der Waals surface area (Å²) in [4.78, 5) is 7.93. The third-order valence-electron chi connectivity index (χ3n) is 1.33. The van der Waals surface area contributed by atoms with Crippen LogP contribution in [0.25, 0.3) is 11.2 Å². The lowest BCUT2D eigenvalue weighted by Gasteiger charge is -1.87. The zero-order valence-corrected chi connectivity index (χ0v) is 6.84. The van der Waals surface area contributed by atoms with E-state index in [1.54, 1.807) is 18.3 Å². The van der Waals surface area contributed by atoms with Gasteiger partial charge in [0.25, 0.3) is 0 Å². The molecule has 0 spiro atoms. The first-order chi connectivity index (χ1) is 5.29. The Bertz CT molecular complexity index is 396. The highest BCUT2D eigenvalue weighted by Crippen LogP contribution is 2.17. The summed E-state index contributed by atoms with van der Waals surface area (Å²) in [5, 5.41) is 0.236. The second-order valence-corrected chi connectivity index (χ2v) is 2.68. The number of fused-ring (bicyclic) bond motifs is 1. The largest absolute Gasteiger partial charge is 0.236 e. The van der Waals surface area contributed by atoms with Crippen LogP contribution in [-0.2, 0) is 0 Å². The van der Waals surface area contributed by atoms with Crippen molar-refractivity contribution in [2.24, 2.45) is 0 Å². The van der Waals surface area contributed by atoms with Crippen molar-refractivity contribution in [3.05, 3.63) is 23.6 Å². The molecular formula is C6H3Cl2N3. The molecule has 0 aromatic carbocycles. The zero-order valence-electron chi connectivity index (χ0n) is 5.33. The molecule has 2 rings (SSSR count). The SMILES string of the molecule is Clc1nc2cccnc2n1Cl. The number of hydrogen-bond acceptors (Lipinski definition) is 2. The number of aromatic nitrogens is 3. The summed E-state index contributed by atoms with van der Waals surface area (Å²) >= 11 is 11.3. The Morgan fingerprint density at radius 1 is 1.45 bits per heavy atom. The third kappa shape index (κ3) is 0.968. The second kappa shape index (κ2) is 2.36. The molecule has 56 valence electrons. The van der Waals surface area contributed by atoms with Gasteiger partial charge in [0.1, 0.15) is 5.52 Å². The van der Waals surface area contributed by atoms with E-state index in [4.69, 9.17) is 23.4 Å². The van der Waals surface area contributed by atoms with Crippen molar-refractivity contribution < 1.29 is 0 Å². The minimum Gasteiger partial charge on any atom is -0.236 e. The van der Waals surface area contributed by atoms with Gasteiger partial charge in [-0.15, -0.1) is 0 Å². The van der Waals surface area contributed by atoms with Crippen molar-refractivity contribution in [3.8, 4) is 0 Å². The molecule has 0 N–H and O–H groups in total. The first-order valence-electron chi connectivity index (χ1n) is 2.94. The van der Waals surface area contributed by atoms with E-state index in [1.165, 1.54) is 4.09 Å². The molecule has 0 aliphatic rings. The molecule has 3 nitrogen and oxygen atoms in total. The van der Waals surface area contributed by atoms with Gasteiger partial charge in [-0.2, -0.15) is 0 Å². The maximum atomic E-state index is 5.70. The van der Waals surface area contributed by atoms with Crippen molar-refractivity contribution in [3.63, 3.8) is 0 Å². The number of hydrogen-bond donors (Lipinski definition) is 0. The van der Waals surface area contributed by atoms with Gasteiger partial charge in [-0.25, -0.2) is 14.1 Å². The van der Waals surface area contributed by atoms with Crippen molar-refractivity contribution in [2.75, 3.05) is 0 Å². The molecule has 0 unspecified atom stereocenters. The predicted molar refractivity (Wildman–Crippen MR) is 43.8 cm³/mol. The minimum atomic E-state index is 0.236. The quantitative estimate of drug-likeness (QED) is 0.633. The molecule has 0 aliphatic heterocycles. The maximum absolute atomic E-state index is 5.70. The first kappa shape index (κ1) is 6.88. The molecule has 0 amide bonds.